The summed E-state index contributed by atoms with van der Waals surface area (Å²) >= 11 is 0. The van der Waals surface area contributed by atoms with Crippen LogP contribution < -0.4 is 0 Å². The molecule has 63 heavy (non-hydrogen) atoms. The minimum Gasteiger partial charge on any atom is -0.394 e. The lowest BCUT2D eigenvalue weighted by Crippen LogP contribution is -2.67. The first-order valence-corrected chi connectivity index (χ1v) is 23.5. The van der Waals surface area contributed by atoms with E-state index in [9.17, 15) is 51.1 Å². The molecular weight excluding hydrogens is 828 g/mol. The summed E-state index contributed by atoms with van der Waals surface area (Å²) in [6.45, 7) is 9.83. The van der Waals surface area contributed by atoms with Gasteiger partial charge in [0.25, 0.3) is 0 Å². The highest BCUT2D eigenvalue weighted by molar-refractivity contribution is 5.27. The molecule has 3 saturated carbocycles. The first-order chi connectivity index (χ1) is 29.9. The van der Waals surface area contributed by atoms with Crippen LogP contribution in [0.25, 0.3) is 0 Å². The molecule has 5 aliphatic heterocycles. The lowest BCUT2D eigenvalue weighted by atomic mass is 9.46. The molecule has 18 heteroatoms. The van der Waals surface area contributed by atoms with Gasteiger partial charge in [-0.25, -0.2) is 0 Å². The molecule has 360 valence electrons. The number of ether oxygens (including phenoxy) is 8. The lowest BCUT2D eigenvalue weighted by Gasteiger charge is -2.60. The largest absolute Gasteiger partial charge is 0.394 e. The van der Waals surface area contributed by atoms with Crippen LogP contribution in [0.4, 0.5) is 0 Å². The molecule has 0 radical (unpaired) electrons. The molecule has 0 aromatic carbocycles. The van der Waals surface area contributed by atoms with E-state index in [1.54, 1.807) is 0 Å². The highest BCUT2D eigenvalue weighted by Gasteiger charge is 2.71. The summed E-state index contributed by atoms with van der Waals surface area (Å²) in [4.78, 5) is 0. The van der Waals surface area contributed by atoms with Gasteiger partial charge in [0.05, 0.1) is 44.2 Å². The molecule has 9 rings (SSSR count). The number of rotatable bonds is 8. The molecule has 18 nitrogen and oxygen atoms in total. The van der Waals surface area contributed by atoms with Gasteiger partial charge in [0.1, 0.15) is 67.1 Å². The van der Waals surface area contributed by atoms with Gasteiger partial charge in [0.2, 0.25) is 0 Å². The lowest BCUT2D eigenvalue weighted by molar-refractivity contribution is -0.389. The quantitative estimate of drug-likeness (QED) is 0.133. The van der Waals surface area contributed by atoms with Gasteiger partial charge in [0.15, 0.2) is 24.7 Å². The Morgan fingerprint density at radius 2 is 1.35 bits per heavy atom. The Kier molecular flexibility index (Phi) is 13.1. The van der Waals surface area contributed by atoms with Crippen molar-refractivity contribution in [3.05, 3.63) is 11.6 Å². The smallest absolute Gasteiger partial charge is 0.187 e. The van der Waals surface area contributed by atoms with Gasteiger partial charge in [-0.05, 0) is 81.0 Å². The van der Waals surface area contributed by atoms with Crippen LogP contribution in [0.15, 0.2) is 11.6 Å². The Morgan fingerprint density at radius 1 is 0.683 bits per heavy atom. The third-order valence-electron chi connectivity index (χ3n) is 17.8. The van der Waals surface area contributed by atoms with E-state index in [0.717, 1.165) is 32.1 Å². The number of allylic oxidation sites excluding steroid dienone is 1. The van der Waals surface area contributed by atoms with Crippen LogP contribution in [0.5, 0.6) is 0 Å². The Morgan fingerprint density at radius 3 is 2.03 bits per heavy atom. The molecule has 0 bridgehead atoms. The van der Waals surface area contributed by atoms with Crippen molar-refractivity contribution in [2.45, 2.75) is 202 Å². The Labute approximate surface area is 368 Å². The Bertz CT molecular complexity index is 1640. The summed E-state index contributed by atoms with van der Waals surface area (Å²) in [5.41, 5.74) is 0.704. The van der Waals surface area contributed by atoms with Crippen molar-refractivity contribution in [3.8, 4) is 0 Å². The van der Waals surface area contributed by atoms with Gasteiger partial charge < -0.3 is 89.0 Å². The maximum atomic E-state index is 12.3. The fourth-order valence-corrected chi connectivity index (χ4v) is 14.0. The van der Waals surface area contributed by atoms with Crippen LogP contribution in [0.3, 0.4) is 0 Å². The van der Waals surface area contributed by atoms with Crippen molar-refractivity contribution >= 4 is 0 Å². The van der Waals surface area contributed by atoms with Crippen molar-refractivity contribution in [3.63, 3.8) is 0 Å². The molecule has 1 spiro atoms. The van der Waals surface area contributed by atoms with Crippen LogP contribution in [0.2, 0.25) is 0 Å². The van der Waals surface area contributed by atoms with E-state index < -0.39 is 123 Å². The van der Waals surface area contributed by atoms with Crippen LogP contribution in [0.1, 0.15) is 86.0 Å². The van der Waals surface area contributed by atoms with Gasteiger partial charge in [-0.3, -0.25) is 0 Å². The van der Waals surface area contributed by atoms with E-state index in [1.165, 1.54) is 12.5 Å². The molecule has 27 unspecified atom stereocenters. The van der Waals surface area contributed by atoms with E-state index in [1.807, 2.05) is 0 Å². The third-order valence-corrected chi connectivity index (χ3v) is 17.8. The van der Waals surface area contributed by atoms with Crippen LogP contribution in [-0.2, 0) is 37.9 Å². The zero-order valence-corrected chi connectivity index (χ0v) is 37.0. The van der Waals surface area contributed by atoms with Crippen LogP contribution >= 0.6 is 0 Å². The molecule has 0 aromatic heterocycles. The minimum atomic E-state index is -1.83. The zero-order valence-electron chi connectivity index (χ0n) is 37.0. The fourth-order valence-electron chi connectivity index (χ4n) is 14.0. The molecule has 5 heterocycles. The highest BCUT2D eigenvalue weighted by atomic mass is 16.8. The van der Waals surface area contributed by atoms with Gasteiger partial charge in [0, 0.05) is 23.7 Å². The molecule has 8 fully saturated rings. The van der Waals surface area contributed by atoms with Crippen molar-refractivity contribution < 1.29 is 89.0 Å². The SMILES string of the molecule is CC1CCC2(OC1)OC1CC3C4CC=C5CC(OC6OC(CO)C(OC7OC(CO)C(O)C(O)C7O)C(O)C6OC6OC(C)C(O)C(O)C6O)CCC5(C)C4CC(O)C3(C)C1C2C. The summed E-state index contributed by atoms with van der Waals surface area (Å²) in [5.74, 6) is 1.21. The van der Waals surface area contributed by atoms with Crippen molar-refractivity contribution in [2.24, 2.45) is 46.3 Å². The monoisotopic (exact) mass is 900 g/mol. The van der Waals surface area contributed by atoms with Gasteiger partial charge in [-0.2, -0.15) is 0 Å². The zero-order chi connectivity index (χ0) is 45.1. The number of hydrogen-bond acceptors (Lipinski definition) is 18. The first kappa shape index (κ1) is 47.1. The van der Waals surface area contributed by atoms with Crippen LogP contribution in [0, 0.1) is 46.3 Å². The first-order valence-electron chi connectivity index (χ1n) is 23.5. The second-order valence-electron chi connectivity index (χ2n) is 21.1. The van der Waals surface area contributed by atoms with E-state index in [0.29, 0.717) is 37.7 Å². The van der Waals surface area contributed by atoms with Gasteiger partial charge in [-0.15, -0.1) is 0 Å². The molecule has 0 amide bonds. The summed E-state index contributed by atoms with van der Waals surface area (Å²) in [6.07, 6.45) is -15.6. The van der Waals surface area contributed by atoms with E-state index in [2.05, 4.69) is 33.8 Å². The summed E-state index contributed by atoms with van der Waals surface area (Å²) < 4.78 is 49.7. The number of hydrogen-bond donors (Lipinski definition) is 10. The highest BCUT2D eigenvalue weighted by Crippen LogP contribution is 2.70. The summed E-state index contributed by atoms with van der Waals surface area (Å²) in [6, 6.07) is 0. The second-order valence-corrected chi connectivity index (χ2v) is 21.1. The molecule has 10 N–H and O–H groups in total. The van der Waals surface area contributed by atoms with E-state index in [4.69, 9.17) is 37.9 Å². The average Bonchev–Trinajstić information content (AvgIpc) is 3.71. The van der Waals surface area contributed by atoms with Gasteiger partial charge in [-0.1, -0.05) is 39.3 Å². The molecule has 5 saturated heterocycles. The number of aliphatic hydroxyl groups is 10. The topological polar surface area (TPSA) is 276 Å². The standard InChI is InChI=1S/C45H72O18/c1-18-8-11-45(56-17-18)19(2)30-26(63-45)13-25-23-7-6-21-12-22(9-10-43(21,4)24(23)14-29(48)44(25,30)5)58-42-39(62-40-35(53)33(51)31(49)20(3)57-40)37(55)38(28(16-47)60-42)61-41-36(54)34(52)32(50)27(15-46)59-41/h6,18-20,22-42,46-55H,7-17H2,1-5H3. The Hall–Kier alpha value is -0.980. The van der Waals surface area contributed by atoms with Gasteiger partial charge >= 0.3 is 0 Å². The Balaban J connectivity index is 0.928. The molecule has 4 aliphatic carbocycles. The predicted molar refractivity (Wildman–Crippen MR) is 216 cm³/mol. The van der Waals surface area contributed by atoms with E-state index >= 15 is 0 Å². The van der Waals surface area contributed by atoms with Crippen molar-refractivity contribution in [2.75, 3.05) is 19.8 Å². The van der Waals surface area contributed by atoms with Crippen molar-refractivity contribution in [1.82, 2.24) is 0 Å². The number of aliphatic hydroxyl groups excluding tert-OH is 10. The number of fused-ring (bicyclic) bond motifs is 7. The maximum Gasteiger partial charge on any atom is 0.187 e. The molecule has 27 atom stereocenters. The van der Waals surface area contributed by atoms with Crippen LogP contribution in [-0.4, -0.2) is 187 Å². The second kappa shape index (κ2) is 17.5. The molecule has 9 aliphatic rings. The van der Waals surface area contributed by atoms with Crippen molar-refractivity contribution in [1.29, 1.82) is 0 Å². The summed E-state index contributed by atoms with van der Waals surface area (Å²) in [5, 5.41) is 108. The molecular formula is C45H72O18. The summed E-state index contributed by atoms with van der Waals surface area (Å²) in [7, 11) is 0. The van der Waals surface area contributed by atoms with E-state index in [-0.39, 0.29) is 40.6 Å². The minimum absolute atomic E-state index is 0.0433. The molecule has 0 aromatic rings. The average molecular weight is 901 g/mol. The third kappa shape index (κ3) is 7.62. The predicted octanol–water partition coefficient (Wildman–Crippen LogP) is -0.815. The maximum absolute atomic E-state index is 12.3. The fraction of sp³-hybridized carbons (Fsp3) is 0.956. The normalized spacial score (nSPS) is 58.1.